The molecule has 0 bridgehead atoms. The zero-order valence-corrected chi connectivity index (χ0v) is 7.38. The molecule has 0 saturated carbocycles. The van der Waals surface area contributed by atoms with Gasteiger partial charge in [-0.25, -0.2) is 4.79 Å². The second-order valence-electron chi connectivity index (χ2n) is 1.26. The van der Waals surface area contributed by atoms with Gasteiger partial charge in [-0.15, -0.1) is 0 Å². The SMILES string of the molecule is CCOC(=O)COCI. The van der Waals surface area contributed by atoms with Crippen molar-refractivity contribution in [3.8, 4) is 0 Å². The fraction of sp³-hybridized carbons (Fsp3) is 0.800. The smallest absolute Gasteiger partial charge is 0.332 e. The second kappa shape index (κ2) is 6.28. The van der Waals surface area contributed by atoms with E-state index in [0.29, 0.717) is 11.2 Å². The monoisotopic (exact) mass is 244 g/mol. The van der Waals surface area contributed by atoms with E-state index in [4.69, 9.17) is 4.74 Å². The van der Waals surface area contributed by atoms with Crippen molar-refractivity contribution in [2.45, 2.75) is 6.92 Å². The van der Waals surface area contributed by atoms with Gasteiger partial charge < -0.3 is 9.47 Å². The van der Waals surface area contributed by atoms with Gasteiger partial charge in [0.2, 0.25) is 0 Å². The van der Waals surface area contributed by atoms with Crippen molar-refractivity contribution in [1.29, 1.82) is 0 Å². The molecule has 0 aliphatic rings. The zero-order valence-electron chi connectivity index (χ0n) is 5.22. The minimum Gasteiger partial charge on any atom is -0.464 e. The van der Waals surface area contributed by atoms with Gasteiger partial charge in [-0.3, -0.25) is 0 Å². The molecule has 0 atom stereocenters. The molecule has 0 aromatic carbocycles. The summed E-state index contributed by atoms with van der Waals surface area (Å²) < 4.78 is 9.86. The van der Waals surface area contributed by atoms with Gasteiger partial charge in [-0.05, 0) is 6.92 Å². The molecule has 0 aliphatic carbocycles. The van der Waals surface area contributed by atoms with Gasteiger partial charge in [0.05, 0.1) is 11.2 Å². The Labute approximate surface area is 67.8 Å². The summed E-state index contributed by atoms with van der Waals surface area (Å²) in [6, 6.07) is 0. The van der Waals surface area contributed by atoms with Crippen molar-refractivity contribution in [2.75, 3.05) is 17.8 Å². The first-order valence-electron chi connectivity index (χ1n) is 2.60. The van der Waals surface area contributed by atoms with Gasteiger partial charge in [0.15, 0.2) is 0 Å². The lowest BCUT2D eigenvalue weighted by Gasteiger charge is -1.98. The van der Waals surface area contributed by atoms with Gasteiger partial charge >= 0.3 is 5.97 Å². The Bertz CT molecular complexity index is 84.3. The second-order valence-corrected chi connectivity index (χ2v) is 1.89. The molecule has 0 heterocycles. The van der Waals surface area contributed by atoms with E-state index in [1.54, 1.807) is 6.92 Å². The highest BCUT2D eigenvalue weighted by Gasteiger charge is 1.98. The Morgan fingerprint density at radius 3 is 2.78 bits per heavy atom. The fourth-order valence-corrected chi connectivity index (χ4v) is 0.545. The topological polar surface area (TPSA) is 35.5 Å². The molecule has 54 valence electrons. The number of ether oxygens (including phenoxy) is 2. The van der Waals surface area contributed by atoms with Gasteiger partial charge in [0.25, 0.3) is 0 Å². The van der Waals surface area contributed by atoms with Crippen molar-refractivity contribution < 1.29 is 14.3 Å². The van der Waals surface area contributed by atoms with E-state index in [2.05, 4.69) is 4.74 Å². The maximum Gasteiger partial charge on any atom is 0.332 e. The first-order valence-corrected chi connectivity index (χ1v) is 4.13. The summed E-state index contributed by atoms with van der Waals surface area (Å²) in [5.41, 5.74) is 0. The van der Waals surface area contributed by atoms with Gasteiger partial charge in [-0.1, -0.05) is 22.6 Å². The highest BCUT2D eigenvalue weighted by Crippen LogP contribution is 1.85. The van der Waals surface area contributed by atoms with Gasteiger partial charge in [-0.2, -0.15) is 0 Å². The molecule has 0 unspecified atom stereocenters. The van der Waals surface area contributed by atoms with Crippen LogP contribution in [-0.4, -0.2) is 23.8 Å². The summed E-state index contributed by atoms with van der Waals surface area (Å²) in [4.78, 5) is 10.5. The lowest BCUT2D eigenvalue weighted by molar-refractivity contribution is -0.147. The Hall–Kier alpha value is 0.160. The van der Waals surface area contributed by atoms with E-state index < -0.39 is 0 Å². The average molecular weight is 244 g/mol. The Morgan fingerprint density at radius 1 is 1.67 bits per heavy atom. The number of esters is 1. The average Bonchev–Trinajstić information content (AvgIpc) is 1.85. The summed E-state index contributed by atoms with van der Waals surface area (Å²) in [6.45, 7) is 2.25. The summed E-state index contributed by atoms with van der Waals surface area (Å²) in [6.07, 6.45) is 0. The summed E-state index contributed by atoms with van der Waals surface area (Å²) in [5, 5.41) is 0. The molecular weight excluding hydrogens is 235 g/mol. The minimum atomic E-state index is -0.297. The number of hydrogen-bond acceptors (Lipinski definition) is 3. The van der Waals surface area contributed by atoms with Gasteiger partial charge in [0, 0.05) is 0 Å². The number of carbonyl (C=O) groups is 1. The normalized spacial score (nSPS) is 9.11. The van der Waals surface area contributed by atoms with Crippen molar-refractivity contribution >= 4 is 28.6 Å². The fourth-order valence-electron chi connectivity index (χ4n) is 0.325. The van der Waals surface area contributed by atoms with Crippen LogP contribution in [0.5, 0.6) is 0 Å². The zero-order chi connectivity index (χ0) is 7.11. The molecule has 0 spiro atoms. The first kappa shape index (κ1) is 9.16. The Balaban J connectivity index is 3.06. The lowest BCUT2D eigenvalue weighted by atomic mass is 10.7. The molecule has 3 nitrogen and oxygen atoms in total. The molecule has 0 amide bonds. The van der Waals surface area contributed by atoms with E-state index in [-0.39, 0.29) is 12.6 Å². The predicted octanol–water partition coefficient (Wildman–Crippen LogP) is 0.959. The first-order chi connectivity index (χ1) is 4.31. The highest BCUT2D eigenvalue weighted by molar-refractivity contribution is 14.1. The molecule has 0 fully saturated rings. The predicted molar refractivity (Wildman–Crippen MR) is 41.5 cm³/mol. The van der Waals surface area contributed by atoms with E-state index in [1.165, 1.54) is 0 Å². The Kier molecular flexibility index (Phi) is 6.39. The molecule has 0 N–H and O–H groups in total. The molecule has 9 heavy (non-hydrogen) atoms. The summed E-state index contributed by atoms with van der Waals surface area (Å²) in [5.74, 6) is -0.297. The minimum absolute atomic E-state index is 0.0662. The van der Waals surface area contributed by atoms with E-state index >= 15 is 0 Å². The van der Waals surface area contributed by atoms with Crippen LogP contribution in [0.15, 0.2) is 0 Å². The number of carbonyl (C=O) groups excluding carboxylic acids is 1. The molecule has 0 aromatic heterocycles. The maximum atomic E-state index is 10.5. The molecule has 4 heteroatoms. The number of halogens is 1. The molecule has 0 aromatic rings. The van der Waals surface area contributed by atoms with Crippen molar-refractivity contribution in [3.05, 3.63) is 0 Å². The third-order valence-corrected chi connectivity index (χ3v) is 1.04. The summed E-state index contributed by atoms with van der Waals surface area (Å²) in [7, 11) is 0. The van der Waals surface area contributed by atoms with Crippen molar-refractivity contribution in [3.63, 3.8) is 0 Å². The highest BCUT2D eigenvalue weighted by atomic mass is 127. The van der Waals surface area contributed by atoms with E-state index in [0.717, 1.165) is 0 Å². The molecule has 0 aliphatic heterocycles. The van der Waals surface area contributed by atoms with E-state index in [1.807, 2.05) is 22.6 Å². The quantitative estimate of drug-likeness (QED) is 0.419. The number of rotatable bonds is 4. The Morgan fingerprint density at radius 2 is 2.33 bits per heavy atom. The standard InChI is InChI=1S/C5H9IO3/c1-2-9-5(7)3-8-4-6/h2-4H2,1H3. The van der Waals surface area contributed by atoms with Crippen LogP contribution in [0.1, 0.15) is 6.92 Å². The molecular formula is C5H9IO3. The van der Waals surface area contributed by atoms with Crippen LogP contribution in [0, 0.1) is 0 Å². The van der Waals surface area contributed by atoms with Crippen LogP contribution in [-0.2, 0) is 14.3 Å². The summed E-state index contributed by atoms with van der Waals surface area (Å²) >= 11 is 2.02. The van der Waals surface area contributed by atoms with Crippen molar-refractivity contribution in [1.82, 2.24) is 0 Å². The largest absolute Gasteiger partial charge is 0.464 e. The number of hydrogen-bond donors (Lipinski definition) is 0. The molecule has 0 radical (unpaired) electrons. The van der Waals surface area contributed by atoms with Crippen LogP contribution < -0.4 is 0 Å². The van der Waals surface area contributed by atoms with Crippen LogP contribution in [0.25, 0.3) is 0 Å². The van der Waals surface area contributed by atoms with Gasteiger partial charge in [0.1, 0.15) is 6.61 Å². The third-order valence-electron chi connectivity index (χ3n) is 0.602. The third kappa shape index (κ3) is 6.04. The molecule has 0 rings (SSSR count). The van der Waals surface area contributed by atoms with Crippen LogP contribution in [0.3, 0.4) is 0 Å². The lowest BCUT2D eigenvalue weighted by Crippen LogP contribution is -2.11. The maximum absolute atomic E-state index is 10.5. The van der Waals surface area contributed by atoms with Crippen LogP contribution >= 0.6 is 22.6 Å². The van der Waals surface area contributed by atoms with Crippen LogP contribution in [0.2, 0.25) is 0 Å². The van der Waals surface area contributed by atoms with Crippen molar-refractivity contribution in [2.24, 2.45) is 0 Å². The van der Waals surface area contributed by atoms with E-state index in [9.17, 15) is 4.79 Å². The van der Waals surface area contributed by atoms with Crippen LogP contribution in [0.4, 0.5) is 0 Å². The molecule has 0 saturated heterocycles. The number of alkyl halides is 1.